The molecule has 2 aliphatic rings. The van der Waals surface area contributed by atoms with Gasteiger partial charge in [0.15, 0.2) is 0 Å². The topological polar surface area (TPSA) is 52.6 Å². The average molecular weight is 240 g/mol. The first-order valence-corrected chi connectivity index (χ1v) is 6.80. The van der Waals surface area contributed by atoms with Crippen LogP contribution in [-0.4, -0.2) is 47.2 Å². The highest BCUT2D eigenvalue weighted by atomic mass is 16.3. The van der Waals surface area contributed by atoms with E-state index in [1.54, 1.807) is 6.92 Å². The smallest absolute Gasteiger partial charge is 0.219 e. The highest BCUT2D eigenvalue weighted by Gasteiger charge is 2.32. The normalized spacial score (nSPS) is 25.2. The molecular weight excluding hydrogens is 216 g/mol. The number of aliphatic hydroxyl groups is 1. The molecule has 98 valence electrons. The summed E-state index contributed by atoms with van der Waals surface area (Å²) < 4.78 is 0. The summed E-state index contributed by atoms with van der Waals surface area (Å²) in [7, 11) is 0. The Hall–Kier alpha value is -0.610. The van der Waals surface area contributed by atoms with Crippen LogP contribution < -0.4 is 5.32 Å². The van der Waals surface area contributed by atoms with Crippen LogP contribution in [0.25, 0.3) is 0 Å². The molecule has 1 saturated carbocycles. The summed E-state index contributed by atoms with van der Waals surface area (Å²) >= 11 is 0. The number of hydrogen-bond donors (Lipinski definition) is 2. The monoisotopic (exact) mass is 240 g/mol. The molecule has 0 unspecified atom stereocenters. The highest BCUT2D eigenvalue weighted by Crippen LogP contribution is 2.29. The lowest BCUT2D eigenvalue weighted by atomic mass is 10.00. The van der Waals surface area contributed by atoms with Crippen LogP contribution in [0.4, 0.5) is 0 Å². The SMILES string of the molecule is CC(=O)N1CCC(NCC2(O)CCCC2)CC1. The van der Waals surface area contributed by atoms with Gasteiger partial charge in [-0.3, -0.25) is 4.79 Å². The quantitative estimate of drug-likeness (QED) is 0.770. The van der Waals surface area contributed by atoms with Gasteiger partial charge in [-0.25, -0.2) is 0 Å². The molecule has 2 rings (SSSR count). The van der Waals surface area contributed by atoms with Gasteiger partial charge in [0.1, 0.15) is 0 Å². The van der Waals surface area contributed by atoms with Crippen LogP contribution in [0.5, 0.6) is 0 Å². The molecule has 1 aliphatic carbocycles. The molecular formula is C13H24N2O2. The Morgan fingerprint density at radius 1 is 1.35 bits per heavy atom. The number of piperidine rings is 1. The van der Waals surface area contributed by atoms with Crippen LogP contribution in [0.1, 0.15) is 45.4 Å². The van der Waals surface area contributed by atoms with Crippen molar-refractivity contribution in [3.63, 3.8) is 0 Å². The van der Waals surface area contributed by atoms with Gasteiger partial charge in [-0.15, -0.1) is 0 Å². The maximum atomic E-state index is 11.2. The third-order valence-electron chi connectivity index (χ3n) is 4.19. The molecule has 0 aromatic rings. The van der Waals surface area contributed by atoms with Gasteiger partial charge in [0.25, 0.3) is 0 Å². The van der Waals surface area contributed by atoms with E-state index >= 15 is 0 Å². The van der Waals surface area contributed by atoms with Crippen molar-refractivity contribution < 1.29 is 9.90 Å². The summed E-state index contributed by atoms with van der Waals surface area (Å²) in [5, 5.41) is 13.7. The van der Waals surface area contributed by atoms with Gasteiger partial charge in [-0.2, -0.15) is 0 Å². The second-order valence-corrected chi connectivity index (χ2v) is 5.59. The first kappa shape index (κ1) is 12.8. The summed E-state index contributed by atoms with van der Waals surface area (Å²) in [6.45, 7) is 4.06. The molecule has 0 atom stereocenters. The standard InChI is InChI=1S/C13H24N2O2/c1-11(16)15-8-4-12(5-9-15)14-10-13(17)6-2-3-7-13/h12,14,17H,2-10H2,1H3. The number of hydrogen-bond acceptors (Lipinski definition) is 3. The molecule has 0 aromatic heterocycles. The number of nitrogens with zero attached hydrogens (tertiary/aromatic N) is 1. The Bertz CT molecular complexity index is 267. The number of rotatable bonds is 3. The van der Waals surface area contributed by atoms with E-state index in [2.05, 4.69) is 5.32 Å². The van der Waals surface area contributed by atoms with Gasteiger partial charge in [0, 0.05) is 32.6 Å². The van der Waals surface area contributed by atoms with Crippen molar-refractivity contribution in [3.8, 4) is 0 Å². The van der Waals surface area contributed by atoms with Crippen LogP contribution in [0.3, 0.4) is 0 Å². The van der Waals surface area contributed by atoms with Gasteiger partial charge < -0.3 is 15.3 Å². The lowest BCUT2D eigenvalue weighted by Gasteiger charge is -2.33. The molecule has 4 nitrogen and oxygen atoms in total. The van der Waals surface area contributed by atoms with Crippen molar-refractivity contribution in [2.75, 3.05) is 19.6 Å². The van der Waals surface area contributed by atoms with Gasteiger partial charge >= 0.3 is 0 Å². The Balaban J connectivity index is 1.69. The van der Waals surface area contributed by atoms with Crippen molar-refractivity contribution >= 4 is 5.91 Å². The molecule has 0 bridgehead atoms. The van der Waals surface area contributed by atoms with Gasteiger partial charge in [-0.1, -0.05) is 12.8 Å². The maximum Gasteiger partial charge on any atom is 0.219 e. The van der Waals surface area contributed by atoms with Crippen LogP contribution in [0.2, 0.25) is 0 Å². The Morgan fingerprint density at radius 2 is 1.94 bits per heavy atom. The minimum absolute atomic E-state index is 0.179. The fourth-order valence-electron chi connectivity index (χ4n) is 2.94. The second kappa shape index (κ2) is 5.36. The van der Waals surface area contributed by atoms with Crippen molar-refractivity contribution in [3.05, 3.63) is 0 Å². The summed E-state index contributed by atoms with van der Waals surface area (Å²) in [6.07, 6.45) is 6.20. The predicted octanol–water partition coefficient (Wildman–Crippen LogP) is 0.892. The predicted molar refractivity (Wildman–Crippen MR) is 66.7 cm³/mol. The van der Waals surface area contributed by atoms with E-state index in [1.807, 2.05) is 4.90 Å². The van der Waals surface area contributed by atoms with Gasteiger partial charge in [0.05, 0.1) is 5.60 Å². The molecule has 1 heterocycles. The Labute approximate surface area is 103 Å². The van der Waals surface area contributed by atoms with Crippen molar-refractivity contribution in [1.29, 1.82) is 0 Å². The van der Waals surface area contributed by atoms with Crippen LogP contribution in [0, 0.1) is 0 Å². The fraction of sp³-hybridized carbons (Fsp3) is 0.923. The number of carbonyl (C=O) groups excluding carboxylic acids is 1. The molecule has 4 heteroatoms. The molecule has 1 amide bonds. The van der Waals surface area contributed by atoms with Crippen LogP contribution in [0.15, 0.2) is 0 Å². The van der Waals surface area contributed by atoms with Crippen molar-refractivity contribution in [1.82, 2.24) is 10.2 Å². The zero-order valence-corrected chi connectivity index (χ0v) is 10.7. The number of likely N-dealkylation sites (tertiary alicyclic amines) is 1. The molecule has 17 heavy (non-hydrogen) atoms. The van der Waals surface area contributed by atoms with E-state index in [-0.39, 0.29) is 5.91 Å². The first-order chi connectivity index (χ1) is 8.09. The van der Waals surface area contributed by atoms with E-state index < -0.39 is 5.60 Å². The number of nitrogens with one attached hydrogen (secondary N) is 1. The number of carbonyl (C=O) groups is 1. The minimum atomic E-state index is -0.461. The van der Waals surface area contributed by atoms with Crippen LogP contribution >= 0.6 is 0 Å². The molecule has 0 aromatic carbocycles. The third kappa shape index (κ3) is 3.42. The van der Waals surface area contributed by atoms with Crippen molar-refractivity contribution in [2.45, 2.75) is 57.1 Å². The van der Waals surface area contributed by atoms with E-state index in [4.69, 9.17) is 0 Å². The lowest BCUT2D eigenvalue weighted by Crippen LogP contribution is -2.48. The van der Waals surface area contributed by atoms with E-state index in [0.717, 1.165) is 58.2 Å². The van der Waals surface area contributed by atoms with Gasteiger partial charge in [-0.05, 0) is 25.7 Å². The summed E-state index contributed by atoms with van der Waals surface area (Å²) in [4.78, 5) is 13.1. The van der Waals surface area contributed by atoms with E-state index in [9.17, 15) is 9.90 Å². The summed E-state index contributed by atoms with van der Waals surface area (Å²) in [6, 6.07) is 0.468. The van der Waals surface area contributed by atoms with Crippen molar-refractivity contribution in [2.24, 2.45) is 0 Å². The Kier molecular flexibility index (Phi) is 4.05. The summed E-state index contributed by atoms with van der Waals surface area (Å²) in [5.74, 6) is 0.179. The first-order valence-electron chi connectivity index (χ1n) is 6.80. The molecule has 1 saturated heterocycles. The molecule has 0 radical (unpaired) electrons. The summed E-state index contributed by atoms with van der Waals surface area (Å²) in [5.41, 5.74) is -0.461. The minimum Gasteiger partial charge on any atom is -0.389 e. The second-order valence-electron chi connectivity index (χ2n) is 5.59. The zero-order chi connectivity index (χ0) is 12.3. The molecule has 2 N–H and O–H groups in total. The van der Waals surface area contributed by atoms with E-state index in [0.29, 0.717) is 6.04 Å². The lowest BCUT2D eigenvalue weighted by molar-refractivity contribution is -0.129. The largest absolute Gasteiger partial charge is 0.389 e. The van der Waals surface area contributed by atoms with Crippen LogP contribution in [-0.2, 0) is 4.79 Å². The maximum absolute atomic E-state index is 11.2. The van der Waals surface area contributed by atoms with E-state index in [1.165, 1.54) is 0 Å². The molecule has 2 fully saturated rings. The average Bonchev–Trinajstić information content (AvgIpc) is 2.75. The number of amides is 1. The van der Waals surface area contributed by atoms with Gasteiger partial charge in [0.2, 0.25) is 5.91 Å². The molecule has 0 spiro atoms. The Morgan fingerprint density at radius 3 is 2.47 bits per heavy atom. The molecule has 1 aliphatic heterocycles. The zero-order valence-electron chi connectivity index (χ0n) is 10.7. The highest BCUT2D eigenvalue weighted by molar-refractivity contribution is 5.73. The fourth-order valence-corrected chi connectivity index (χ4v) is 2.94. The third-order valence-corrected chi connectivity index (χ3v) is 4.19.